The third-order valence-electron chi connectivity index (χ3n) is 5.60. The van der Waals surface area contributed by atoms with E-state index < -0.39 is 0 Å². The number of carbonyl (C=O) groups excluding carboxylic acids is 1. The van der Waals surface area contributed by atoms with Gasteiger partial charge in [0.25, 0.3) is 0 Å². The van der Waals surface area contributed by atoms with Crippen LogP contribution in [0.2, 0.25) is 0 Å². The second-order valence-corrected chi connectivity index (χ2v) is 7.56. The van der Waals surface area contributed by atoms with E-state index in [-0.39, 0.29) is 18.6 Å². The minimum atomic E-state index is -0.206. The lowest BCUT2D eigenvalue weighted by atomic mass is 9.95. The Morgan fingerprint density at radius 3 is 2.72 bits per heavy atom. The van der Waals surface area contributed by atoms with Crippen molar-refractivity contribution in [1.29, 1.82) is 0 Å². The zero-order valence-electron chi connectivity index (χ0n) is 16.3. The van der Waals surface area contributed by atoms with Crippen LogP contribution in [0.25, 0.3) is 11.3 Å². The van der Waals surface area contributed by atoms with Gasteiger partial charge in [0.2, 0.25) is 12.7 Å². The second-order valence-electron chi connectivity index (χ2n) is 7.56. The first-order chi connectivity index (χ1) is 14.2. The molecular weight excluding hydrogens is 366 g/mol. The average Bonchev–Trinajstić information content (AvgIpc) is 3.33. The Balaban J connectivity index is 1.49. The molecule has 0 spiro atoms. The smallest absolute Gasteiger partial charge is 0.232 e. The maximum Gasteiger partial charge on any atom is 0.232 e. The van der Waals surface area contributed by atoms with Crippen molar-refractivity contribution in [3.63, 3.8) is 0 Å². The van der Waals surface area contributed by atoms with E-state index in [2.05, 4.69) is 15.5 Å². The lowest BCUT2D eigenvalue weighted by Gasteiger charge is -2.16. The predicted octanol–water partition coefficient (Wildman–Crippen LogP) is 4.82. The highest BCUT2D eigenvalue weighted by molar-refractivity contribution is 5.99. The minimum Gasteiger partial charge on any atom is -0.454 e. The number of hydrogen-bond donors (Lipinski definition) is 2. The van der Waals surface area contributed by atoms with Crippen LogP contribution >= 0.6 is 0 Å². The lowest BCUT2D eigenvalue weighted by molar-refractivity contribution is -0.117. The number of nitrogens with zero attached hydrogens (tertiary/aromatic N) is 1. The Morgan fingerprint density at radius 1 is 1.17 bits per heavy atom. The number of ether oxygens (including phenoxy) is 2. The van der Waals surface area contributed by atoms with Crippen molar-refractivity contribution in [3.05, 3.63) is 59.8 Å². The van der Waals surface area contributed by atoms with Crippen LogP contribution in [0.5, 0.6) is 11.5 Å². The number of aromatic nitrogens is 2. The number of hydrogen-bond acceptors (Lipinski definition) is 4. The number of anilines is 1. The Morgan fingerprint density at radius 2 is 1.97 bits per heavy atom. The molecule has 1 amide bonds. The molecule has 1 fully saturated rings. The maximum absolute atomic E-state index is 13.2. The van der Waals surface area contributed by atoms with E-state index in [9.17, 15) is 4.79 Å². The fourth-order valence-corrected chi connectivity index (χ4v) is 3.87. The van der Waals surface area contributed by atoms with Gasteiger partial charge in [-0.2, -0.15) is 5.10 Å². The molecule has 1 atom stereocenters. The number of amides is 1. The molecule has 6 nitrogen and oxygen atoms in total. The summed E-state index contributed by atoms with van der Waals surface area (Å²) in [4.78, 5) is 13.2. The molecule has 1 aliphatic heterocycles. The van der Waals surface area contributed by atoms with E-state index in [0.29, 0.717) is 11.7 Å². The highest BCUT2D eigenvalue weighted by Crippen LogP contribution is 2.46. The van der Waals surface area contributed by atoms with Crippen molar-refractivity contribution in [3.8, 4) is 22.8 Å². The van der Waals surface area contributed by atoms with Crippen LogP contribution in [-0.4, -0.2) is 22.9 Å². The zero-order valence-corrected chi connectivity index (χ0v) is 16.3. The summed E-state index contributed by atoms with van der Waals surface area (Å²) in [5, 5.41) is 10.9. The Labute approximate surface area is 169 Å². The number of fused-ring (bicyclic) bond motifs is 1. The van der Waals surface area contributed by atoms with Crippen LogP contribution in [0.4, 0.5) is 5.69 Å². The van der Waals surface area contributed by atoms with Crippen molar-refractivity contribution in [2.24, 2.45) is 0 Å². The molecule has 29 heavy (non-hydrogen) atoms. The fraction of sp³-hybridized carbons (Fsp3) is 0.304. The first-order valence-corrected chi connectivity index (χ1v) is 10.1. The summed E-state index contributed by atoms with van der Waals surface area (Å²) < 4.78 is 10.9. The SMILES string of the molecule is CC[C@H](C(=O)Nc1c(-c2ccc3c(c2)OCO3)n[nH]c1C1CC1)c1ccccc1. The quantitative estimate of drug-likeness (QED) is 0.634. The molecule has 0 saturated heterocycles. The molecule has 2 N–H and O–H groups in total. The minimum absolute atomic E-state index is 0.0102. The van der Waals surface area contributed by atoms with Gasteiger partial charge in [0.1, 0.15) is 5.69 Å². The number of nitrogens with one attached hydrogen (secondary N) is 2. The van der Waals surface area contributed by atoms with Crippen LogP contribution < -0.4 is 14.8 Å². The van der Waals surface area contributed by atoms with Crippen molar-refractivity contribution in [2.45, 2.75) is 38.0 Å². The normalized spacial score (nSPS) is 15.9. The molecule has 2 aromatic carbocycles. The summed E-state index contributed by atoms with van der Waals surface area (Å²) in [7, 11) is 0. The molecular formula is C23H23N3O3. The second kappa shape index (κ2) is 7.28. The van der Waals surface area contributed by atoms with Gasteiger partial charge in [-0.15, -0.1) is 0 Å². The molecule has 3 aromatic rings. The number of carbonyl (C=O) groups is 1. The largest absolute Gasteiger partial charge is 0.454 e. The molecule has 2 heterocycles. The average molecular weight is 389 g/mol. The van der Waals surface area contributed by atoms with Crippen LogP contribution in [0.15, 0.2) is 48.5 Å². The summed E-state index contributed by atoms with van der Waals surface area (Å²) in [5.41, 5.74) is 4.44. The topological polar surface area (TPSA) is 76.2 Å². The predicted molar refractivity (Wildman–Crippen MR) is 110 cm³/mol. The van der Waals surface area contributed by atoms with Gasteiger partial charge in [0, 0.05) is 11.5 Å². The van der Waals surface area contributed by atoms with E-state index in [1.54, 1.807) is 0 Å². The number of H-pyrrole nitrogens is 1. The Hall–Kier alpha value is -3.28. The van der Waals surface area contributed by atoms with Crippen LogP contribution in [0.3, 0.4) is 0 Å². The third-order valence-corrected chi connectivity index (χ3v) is 5.60. The van der Waals surface area contributed by atoms with Gasteiger partial charge in [-0.1, -0.05) is 37.3 Å². The van der Waals surface area contributed by atoms with Gasteiger partial charge in [-0.05, 0) is 43.0 Å². The van der Waals surface area contributed by atoms with Gasteiger partial charge in [0.15, 0.2) is 11.5 Å². The number of rotatable bonds is 6. The molecule has 6 heteroatoms. The lowest BCUT2D eigenvalue weighted by Crippen LogP contribution is -2.21. The molecule has 1 saturated carbocycles. The van der Waals surface area contributed by atoms with Crippen molar-refractivity contribution in [2.75, 3.05) is 12.1 Å². The zero-order chi connectivity index (χ0) is 19.8. The summed E-state index contributed by atoms with van der Waals surface area (Å²) in [5.74, 6) is 1.64. The number of benzene rings is 2. The standard InChI is InChI=1S/C23H23N3O3/c1-2-17(14-6-4-3-5-7-14)23(27)24-22-20(15-8-9-15)25-26-21(22)16-10-11-18-19(12-16)29-13-28-18/h3-7,10-12,15,17H,2,8-9,13H2,1H3,(H,24,27)(H,25,26)/t17-/m0/s1. The fourth-order valence-electron chi connectivity index (χ4n) is 3.87. The van der Waals surface area contributed by atoms with E-state index in [0.717, 1.165) is 53.2 Å². The van der Waals surface area contributed by atoms with Gasteiger partial charge >= 0.3 is 0 Å². The molecule has 0 radical (unpaired) electrons. The highest BCUT2D eigenvalue weighted by Gasteiger charge is 2.32. The summed E-state index contributed by atoms with van der Waals surface area (Å²) in [6.45, 7) is 2.26. The Bertz CT molecular complexity index is 1040. The summed E-state index contributed by atoms with van der Waals surface area (Å²) in [6.07, 6.45) is 2.95. The maximum atomic E-state index is 13.2. The Kier molecular flexibility index (Phi) is 4.46. The van der Waals surface area contributed by atoms with Crippen molar-refractivity contribution >= 4 is 11.6 Å². The van der Waals surface area contributed by atoms with Crippen molar-refractivity contribution in [1.82, 2.24) is 10.2 Å². The molecule has 5 rings (SSSR count). The van der Waals surface area contributed by atoms with Gasteiger partial charge in [-0.25, -0.2) is 0 Å². The van der Waals surface area contributed by atoms with E-state index >= 15 is 0 Å². The first kappa shape index (κ1) is 17.8. The molecule has 0 unspecified atom stereocenters. The van der Waals surface area contributed by atoms with Crippen molar-refractivity contribution < 1.29 is 14.3 Å². The van der Waals surface area contributed by atoms with E-state index in [4.69, 9.17) is 9.47 Å². The van der Waals surface area contributed by atoms with Gasteiger partial charge in [-0.3, -0.25) is 9.89 Å². The number of aromatic amines is 1. The molecule has 0 bridgehead atoms. The van der Waals surface area contributed by atoms with Crippen LogP contribution in [0, 0.1) is 0 Å². The molecule has 1 aromatic heterocycles. The summed E-state index contributed by atoms with van der Waals surface area (Å²) in [6, 6.07) is 15.7. The summed E-state index contributed by atoms with van der Waals surface area (Å²) >= 11 is 0. The highest BCUT2D eigenvalue weighted by atomic mass is 16.7. The molecule has 1 aliphatic carbocycles. The third kappa shape index (κ3) is 3.35. The van der Waals surface area contributed by atoms with Crippen LogP contribution in [0.1, 0.15) is 49.3 Å². The van der Waals surface area contributed by atoms with E-state index in [1.807, 2.05) is 55.5 Å². The van der Waals surface area contributed by atoms with Crippen LogP contribution in [-0.2, 0) is 4.79 Å². The molecule has 2 aliphatic rings. The monoisotopic (exact) mass is 389 g/mol. The molecule has 148 valence electrons. The van der Waals surface area contributed by atoms with Gasteiger partial charge in [0.05, 0.1) is 17.3 Å². The van der Waals surface area contributed by atoms with Gasteiger partial charge < -0.3 is 14.8 Å². The first-order valence-electron chi connectivity index (χ1n) is 10.1. The van der Waals surface area contributed by atoms with E-state index in [1.165, 1.54) is 0 Å².